The number of benzene rings is 1. The van der Waals surface area contributed by atoms with Gasteiger partial charge in [0, 0.05) is 18.7 Å². The largest absolute Gasteiger partial charge is 0.488 e. The zero-order chi connectivity index (χ0) is 20.5. The zero-order valence-electron chi connectivity index (χ0n) is 15.2. The summed E-state index contributed by atoms with van der Waals surface area (Å²) >= 11 is 0. The fraction of sp³-hybridized carbons (Fsp3) is 0.316. The fourth-order valence-electron chi connectivity index (χ4n) is 3.52. The van der Waals surface area contributed by atoms with Gasteiger partial charge in [-0.05, 0) is 18.2 Å². The molecule has 0 radical (unpaired) electrons. The van der Waals surface area contributed by atoms with E-state index in [2.05, 4.69) is 4.98 Å². The van der Waals surface area contributed by atoms with Crippen LogP contribution in [0.2, 0.25) is 0 Å². The lowest BCUT2D eigenvalue weighted by molar-refractivity contribution is -0.0431. The van der Waals surface area contributed by atoms with Crippen molar-refractivity contribution in [1.82, 2.24) is 15.3 Å². The number of halogens is 2. The van der Waals surface area contributed by atoms with Gasteiger partial charge in [0.15, 0.2) is 11.6 Å². The number of carbonyl (C=O) groups is 2. The van der Waals surface area contributed by atoms with E-state index in [-0.39, 0.29) is 30.4 Å². The Balaban J connectivity index is 1.56. The molecule has 2 unspecified atom stereocenters. The maximum atomic E-state index is 13.5. The van der Waals surface area contributed by atoms with Gasteiger partial charge in [-0.3, -0.25) is 20.0 Å². The van der Waals surface area contributed by atoms with Gasteiger partial charge in [-0.1, -0.05) is 0 Å². The number of hydrazine groups is 1. The average molecular weight is 404 g/mol. The smallest absolute Gasteiger partial charge is 0.266 e. The van der Waals surface area contributed by atoms with Gasteiger partial charge in [-0.25, -0.2) is 14.6 Å². The van der Waals surface area contributed by atoms with Crippen LogP contribution >= 0.6 is 0 Å². The van der Waals surface area contributed by atoms with Crippen molar-refractivity contribution in [3.63, 3.8) is 0 Å². The van der Waals surface area contributed by atoms with Crippen LogP contribution in [0.25, 0.3) is 0 Å². The minimum absolute atomic E-state index is 0.171. The van der Waals surface area contributed by atoms with Crippen LogP contribution in [0.15, 0.2) is 30.5 Å². The lowest BCUT2D eigenvalue weighted by atomic mass is 10.0. The first-order chi connectivity index (χ1) is 14.0. The van der Waals surface area contributed by atoms with Crippen LogP contribution in [0.1, 0.15) is 32.8 Å². The number of nitrogens with one attached hydrogen (secondary N) is 1. The van der Waals surface area contributed by atoms with Gasteiger partial charge >= 0.3 is 0 Å². The lowest BCUT2D eigenvalue weighted by Gasteiger charge is -2.37. The molecule has 10 heteroatoms. The van der Waals surface area contributed by atoms with Crippen molar-refractivity contribution in [2.24, 2.45) is 5.84 Å². The third-order valence-electron chi connectivity index (χ3n) is 5.02. The zero-order valence-corrected chi connectivity index (χ0v) is 15.2. The summed E-state index contributed by atoms with van der Waals surface area (Å²) < 4.78 is 38.1. The van der Waals surface area contributed by atoms with E-state index in [1.807, 2.05) is 5.43 Å². The number of pyridine rings is 1. The Hall–Kier alpha value is -3.11. The van der Waals surface area contributed by atoms with Crippen LogP contribution < -0.4 is 16.0 Å². The number of nitrogen functional groups attached to an aromatic ring is 1. The number of hydrogen-bond donors (Lipinski definition) is 2. The number of hydrogen-bond acceptors (Lipinski definition) is 6. The molecule has 29 heavy (non-hydrogen) atoms. The van der Waals surface area contributed by atoms with Crippen molar-refractivity contribution >= 4 is 11.8 Å². The van der Waals surface area contributed by atoms with Crippen molar-refractivity contribution in [2.45, 2.75) is 25.1 Å². The number of fused-ring (bicyclic) bond motifs is 1. The second kappa shape index (κ2) is 7.72. The maximum Gasteiger partial charge on any atom is 0.266 e. The molecular formula is C19H18F2N4O4. The Bertz CT molecular complexity index is 971. The summed E-state index contributed by atoms with van der Waals surface area (Å²) in [6, 6.07) is 4.29. The summed E-state index contributed by atoms with van der Waals surface area (Å²) in [6.07, 6.45) is 1.35. The Morgan fingerprint density at radius 1 is 1.31 bits per heavy atom. The summed E-state index contributed by atoms with van der Waals surface area (Å²) in [5.41, 5.74) is 3.02. The number of aromatic nitrogens is 1. The van der Waals surface area contributed by atoms with E-state index in [0.717, 1.165) is 12.1 Å². The molecular weight excluding hydrogens is 386 g/mol. The summed E-state index contributed by atoms with van der Waals surface area (Å²) in [5.74, 6) is 2.47. The Kier molecular flexibility index (Phi) is 5.12. The van der Waals surface area contributed by atoms with Crippen molar-refractivity contribution < 1.29 is 27.8 Å². The monoisotopic (exact) mass is 404 g/mol. The number of nitrogens with zero attached hydrogens (tertiary/aromatic N) is 2. The van der Waals surface area contributed by atoms with Crippen molar-refractivity contribution in [2.75, 3.05) is 13.2 Å². The van der Waals surface area contributed by atoms with E-state index in [1.54, 1.807) is 4.90 Å². The Labute approximate surface area is 164 Å². The van der Waals surface area contributed by atoms with Crippen LogP contribution in [0.4, 0.5) is 8.78 Å². The molecule has 0 spiro atoms. The van der Waals surface area contributed by atoms with Crippen molar-refractivity contribution in [3.8, 4) is 5.75 Å². The molecule has 0 aliphatic carbocycles. The molecule has 1 aromatic carbocycles. The molecule has 4 rings (SSSR count). The number of carbonyl (C=O) groups excluding carboxylic acids is 2. The molecule has 1 fully saturated rings. The Morgan fingerprint density at radius 3 is 2.90 bits per heavy atom. The second-order valence-corrected chi connectivity index (χ2v) is 6.79. The summed E-state index contributed by atoms with van der Waals surface area (Å²) in [4.78, 5) is 30.4. The van der Waals surface area contributed by atoms with Crippen molar-refractivity contribution in [1.29, 1.82) is 0 Å². The normalized spacial score (nSPS) is 21.1. The van der Waals surface area contributed by atoms with Crippen LogP contribution in [0, 0.1) is 11.6 Å². The highest BCUT2D eigenvalue weighted by Crippen LogP contribution is 2.29. The molecule has 1 saturated heterocycles. The van der Waals surface area contributed by atoms with Crippen LogP contribution in [0.3, 0.4) is 0 Å². The predicted molar refractivity (Wildman–Crippen MR) is 95.8 cm³/mol. The van der Waals surface area contributed by atoms with Gasteiger partial charge in [-0.2, -0.15) is 0 Å². The predicted octanol–water partition coefficient (Wildman–Crippen LogP) is 1.16. The number of nitrogens with two attached hydrogens (primary N) is 1. The molecule has 2 aliphatic rings. The van der Waals surface area contributed by atoms with E-state index in [9.17, 15) is 18.4 Å². The third kappa shape index (κ3) is 3.64. The summed E-state index contributed by atoms with van der Waals surface area (Å²) in [6.45, 7) is 0.869. The van der Waals surface area contributed by atoms with E-state index >= 15 is 0 Å². The van der Waals surface area contributed by atoms with Gasteiger partial charge in [0.25, 0.3) is 11.8 Å². The Morgan fingerprint density at radius 2 is 2.14 bits per heavy atom. The van der Waals surface area contributed by atoms with Crippen LogP contribution in [-0.2, 0) is 11.3 Å². The van der Waals surface area contributed by atoms with E-state index in [4.69, 9.17) is 15.3 Å². The SMILES string of the molecule is NNC(=O)c1cnc2c(c1)C(=O)N(C1COCCC1Oc1ccc(F)c(F)c1)C2. The second-order valence-electron chi connectivity index (χ2n) is 6.79. The van der Waals surface area contributed by atoms with Crippen LogP contribution in [0.5, 0.6) is 5.75 Å². The van der Waals surface area contributed by atoms with E-state index in [1.165, 1.54) is 18.3 Å². The first kappa shape index (κ1) is 19.2. The average Bonchev–Trinajstić information content (AvgIpc) is 3.06. The molecule has 1 aromatic heterocycles. The highest BCUT2D eigenvalue weighted by molar-refractivity contribution is 6.01. The molecule has 3 heterocycles. The first-order valence-electron chi connectivity index (χ1n) is 8.98. The van der Waals surface area contributed by atoms with Gasteiger partial charge in [0.1, 0.15) is 11.9 Å². The minimum atomic E-state index is -1.01. The van der Waals surface area contributed by atoms with Gasteiger partial charge in [-0.15, -0.1) is 0 Å². The van der Waals surface area contributed by atoms with Gasteiger partial charge in [0.05, 0.1) is 42.6 Å². The molecule has 2 amide bonds. The lowest BCUT2D eigenvalue weighted by Crippen LogP contribution is -2.52. The summed E-state index contributed by atoms with van der Waals surface area (Å²) in [5, 5.41) is 0. The molecule has 8 nitrogen and oxygen atoms in total. The van der Waals surface area contributed by atoms with Gasteiger partial charge in [0.2, 0.25) is 0 Å². The first-order valence-corrected chi connectivity index (χ1v) is 8.98. The number of amides is 2. The standard InChI is InChI=1S/C19H18F2N4O4/c20-13-2-1-11(6-14(13)21)29-17-3-4-28-9-16(17)25-8-15-12(19(25)27)5-10(7-23-15)18(26)24-22/h1-2,5-7,16-17H,3-4,8-9,22H2,(H,24,26). The van der Waals surface area contributed by atoms with Crippen molar-refractivity contribution in [3.05, 3.63) is 58.9 Å². The van der Waals surface area contributed by atoms with E-state index in [0.29, 0.717) is 24.3 Å². The summed E-state index contributed by atoms with van der Waals surface area (Å²) in [7, 11) is 0. The molecule has 2 aliphatic heterocycles. The molecule has 3 N–H and O–H groups in total. The minimum Gasteiger partial charge on any atom is -0.488 e. The molecule has 0 bridgehead atoms. The third-order valence-corrected chi connectivity index (χ3v) is 5.02. The topological polar surface area (TPSA) is 107 Å². The quantitative estimate of drug-likeness (QED) is 0.450. The molecule has 2 aromatic rings. The molecule has 152 valence electrons. The van der Waals surface area contributed by atoms with Crippen LogP contribution in [-0.4, -0.2) is 47.1 Å². The molecule has 2 atom stereocenters. The highest BCUT2D eigenvalue weighted by Gasteiger charge is 2.40. The van der Waals surface area contributed by atoms with E-state index < -0.39 is 29.7 Å². The number of rotatable bonds is 4. The fourth-order valence-corrected chi connectivity index (χ4v) is 3.52. The maximum absolute atomic E-state index is 13.5. The molecule has 0 saturated carbocycles. The highest BCUT2D eigenvalue weighted by atomic mass is 19.2. The number of ether oxygens (including phenoxy) is 2. The van der Waals surface area contributed by atoms with Gasteiger partial charge < -0.3 is 14.4 Å².